The Labute approximate surface area is 196 Å². The van der Waals surface area contributed by atoms with Gasteiger partial charge in [-0.05, 0) is 67.6 Å². The highest BCUT2D eigenvalue weighted by Gasteiger charge is 2.19. The summed E-state index contributed by atoms with van der Waals surface area (Å²) in [5.74, 6) is 0.403. The Morgan fingerprint density at radius 3 is 2.35 bits per heavy atom. The lowest BCUT2D eigenvalue weighted by Gasteiger charge is -2.22. The quantitative estimate of drug-likeness (QED) is 0.401. The molecular weight excluding hydrogens is 426 g/mol. The fraction of sp³-hybridized carbons (Fsp3) is 0.0741. The molecule has 0 bridgehead atoms. The Bertz CT molecular complexity index is 1510. The van der Waals surface area contributed by atoms with Crippen LogP contribution in [-0.2, 0) is 6.54 Å². The van der Waals surface area contributed by atoms with E-state index in [9.17, 15) is 9.59 Å². The van der Waals surface area contributed by atoms with Gasteiger partial charge in [-0.1, -0.05) is 18.2 Å². The number of pyridine rings is 2. The first kappa shape index (κ1) is 21.2. The maximum Gasteiger partial charge on any atom is 0.265 e. The van der Waals surface area contributed by atoms with E-state index in [4.69, 9.17) is 0 Å². The molecule has 7 heteroatoms. The zero-order chi connectivity index (χ0) is 23.5. The predicted molar refractivity (Wildman–Crippen MR) is 131 cm³/mol. The molecule has 0 aliphatic carbocycles. The minimum absolute atomic E-state index is 0.143. The summed E-state index contributed by atoms with van der Waals surface area (Å²) in [6.45, 7) is 2.11. The van der Waals surface area contributed by atoms with Crippen LogP contribution < -0.4 is 10.5 Å². The Morgan fingerprint density at radius 1 is 0.882 bits per heavy atom. The molecule has 0 N–H and O–H groups in total. The molecule has 0 aliphatic heterocycles. The van der Waals surface area contributed by atoms with Gasteiger partial charge >= 0.3 is 0 Å². The van der Waals surface area contributed by atoms with Crippen LogP contribution in [0.25, 0.3) is 16.6 Å². The number of hydrogen-bond donors (Lipinski definition) is 0. The number of rotatable bonds is 5. The average Bonchev–Trinajstić information content (AvgIpc) is 2.88. The average molecular weight is 447 g/mol. The summed E-state index contributed by atoms with van der Waals surface area (Å²) in [5, 5.41) is 0.549. The smallest absolute Gasteiger partial charge is 0.265 e. The summed E-state index contributed by atoms with van der Waals surface area (Å²) in [4.78, 5) is 41.2. The standard InChI is InChI=1S/C27H21N5O2/c1-19-30-25-8-3-2-7-24(25)27(34)32(19)23-11-9-20(10-12-23)26(33)31(22-13-16-28-17-14-22)18-21-6-4-5-15-29-21/h2-17H,18H2,1H3. The molecule has 5 aromatic rings. The van der Waals surface area contributed by atoms with Crippen LogP contribution in [0.4, 0.5) is 5.69 Å². The van der Waals surface area contributed by atoms with Crippen LogP contribution in [0.15, 0.2) is 102 Å². The van der Waals surface area contributed by atoms with Gasteiger partial charge in [0.25, 0.3) is 11.5 Å². The highest BCUT2D eigenvalue weighted by molar-refractivity contribution is 6.06. The molecule has 0 saturated heterocycles. The molecule has 0 fully saturated rings. The van der Waals surface area contributed by atoms with Crippen LogP contribution in [0.5, 0.6) is 0 Å². The zero-order valence-electron chi connectivity index (χ0n) is 18.5. The lowest BCUT2D eigenvalue weighted by molar-refractivity contribution is 0.0985. The number of fused-ring (bicyclic) bond motifs is 1. The van der Waals surface area contributed by atoms with Gasteiger partial charge in [0.1, 0.15) is 5.82 Å². The van der Waals surface area contributed by atoms with E-state index in [1.807, 2.05) is 36.4 Å². The van der Waals surface area contributed by atoms with E-state index < -0.39 is 0 Å². The lowest BCUT2D eigenvalue weighted by atomic mass is 10.1. The molecule has 5 rings (SSSR count). The van der Waals surface area contributed by atoms with Crippen molar-refractivity contribution in [3.8, 4) is 5.69 Å². The Morgan fingerprint density at radius 2 is 1.62 bits per heavy atom. The molecule has 0 unspecified atom stereocenters. The van der Waals surface area contributed by atoms with Gasteiger partial charge in [-0.3, -0.25) is 24.1 Å². The minimum Gasteiger partial charge on any atom is -0.302 e. The van der Waals surface area contributed by atoms with Gasteiger partial charge in [-0.2, -0.15) is 0 Å². The molecule has 3 aromatic heterocycles. The van der Waals surface area contributed by atoms with Crippen LogP contribution in [0.3, 0.4) is 0 Å². The summed E-state index contributed by atoms with van der Waals surface area (Å²) >= 11 is 0. The van der Waals surface area contributed by atoms with E-state index >= 15 is 0 Å². The maximum absolute atomic E-state index is 13.5. The topological polar surface area (TPSA) is 81.0 Å². The Hall–Kier alpha value is -4.65. The van der Waals surface area contributed by atoms with Gasteiger partial charge in [-0.25, -0.2) is 4.98 Å². The van der Waals surface area contributed by atoms with E-state index in [0.717, 1.165) is 11.4 Å². The van der Waals surface area contributed by atoms with Crippen molar-refractivity contribution < 1.29 is 4.79 Å². The first-order valence-corrected chi connectivity index (χ1v) is 10.8. The van der Waals surface area contributed by atoms with Crippen molar-refractivity contribution in [1.82, 2.24) is 19.5 Å². The fourth-order valence-electron chi connectivity index (χ4n) is 3.91. The van der Waals surface area contributed by atoms with E-state index in [0.29, 0.717) is 34.5 Å². The number of para-hydroxylation sites is 1. The number of carbonyl (C=O) groups is 1. The van der Waals surface area contributed by atoms with Crippen LogP contribution in [-0.4, -0.2) is 25.4 Å². The minimum atomic E-state index is -0.177. The molecule has 0 radical (unpaired) electrons. The number of amides is 1. The van der Waals surface area contributed by atoms with Crippen molar-refractivity contribution in [2.24, 2.45) is 0 Å². The molecule has 34 heavy (non-hydrogen) atoms. The largest absolute Gasteiger partial charge is 0.302 e. The molecular formula is C27H21N5O2. The number of anilines is 1. The molecule has 166 valence electrons. The van der Waals surface area contributed by atoms with E-state index in [1.165, 1.54) is 0 Å². The van der Waals surface area contributed by atoms with Crippen molar-refractivity contribution in [3.63, 3.8) is 0 Å². The summed E-state index contributed by atoms with van der Waals surface area (Å²) in [7, 11) is 0. The number of aromatic nitrogens is 4. The first-order valence-electron chi connectivity index (χ1n) is 10.8. The van der Waals surface area contributed by atoms with Crippen LogP contribution in [0.1, 0.15) is 21.9 Å². The van der Waals surface area contributed by atoms with Gasteiger partial charge in [-0.15, -0.1) is 0 Å². The van der Waals surface area contributed by atoms with Crippen molar-refractivity contribution in [1.29, 1.82) is 0 Å². The number of benzene rings is 2. The highest BCUT2D eigenvalue weighted by Crippen LogP contribution is 2.20. The summed E-state index contributed by atoms with van der Waals surface area (Å²) in [6.07, 6.45) is 5.01. The summed E-state index contributed by atoms with van der Waals surface area (Å²) in [6, 6.07) is 23.5. The van der Waals surface area contributed by atoms with Gasteiger partial charge in [0.2, 0.25) is 0 Å². The second-order valence-electron chi connectivity index (χ2n) is 7.78. The zero-order valence-corrected chi connectivity index (χ0v) is 18.5. The second-order valence-corrected chi connectivity index (χ2v) is 7.78. The maximum atomic E-state index is 13.5. The summed E-state index contributed by atoms with van der Waals surface area (Å²) < 4.78 is 1.56. The molecule has 0 aliphatic rings. The summed E-state index contributed by atoms with van der Waals surface area (Å²) in [5.41, 5.74) is 3.16. The monoisotopic (exact) mass is 447 g/mol. The fourth-order valence-corrected chi connectivity index (χ4v) is 3.91. The van der Waals surface area contributed by atoms with Gasteiger partial charge < -0.3 is 4.90 Å². The van der Waals surface area contributed by atoms with Gasteiger partial charge in [0, 0.05) is 29.8 Å². The molecule has 0 saturated carbocycles. The van der Waals surface area contributed by atoms with E-state index in [2.05, 4.69) is 15.0 Å². The van der Waals surface area contributed by atoms with Crippen molar-refractivity contribution >= 4 is 22.5 Å². The number of carbonyl (C=O) groups excluding carboxylic acids is 1. The van der Waals surface area contributed by atoms with Crippen LogP contribution in [0, 0.1) is 6.92 Å². The van der Waals surface area contributed by atoms with E-state index in [1.54, 1.807) is 77.4 Å². The Kier molecular flexibility index (Phi) is 5.66. The van der Waals surface area contributed by atoms with E-state index in [-0.39, 0.29) is 11.5 Å². The highest BCUT2D eigenvalue weighted by atomic mass is 16.2. The van der Waals surface area contributed by atoms with Crippen LogP contribution in [0.2, 0.25) is 0 Å². The number of aryl methyl sites for hydroxylation is 1. The molecule has 2 aromatic carbocycles. The Balaban J connectivity index is 1.50. The third kappa shape index (κ3) is 4.06. The molecule has 0 spiro atoms. The first-order chi connectivity index (χ1) is 16.6. The van der Waals surface area contributed by atoms with Crippen molar-refractivity contribution in [2.45, 2.75) is 13.5 Å². The molecule has 3 heterocycles. The number of nitrogens with zero attached hydrogens (tertiary/aromatic N) is 5. The third-order valence-corrected chi connectivity index (χ3v) is 5.58. The lowest BCUT2D eigenvalue weighted by Crippen LogP contribution is -2.31. The van der Waals surface area contributed by atoms with Crippen molar-refractivity contribution in [2.75, 3.05) is 4.90 Å². The van der Waals surface area contributed by atoms with Crippen LogP contribution >= 0.6 is 0 Å². The van der Waals surface area contributed by atoms with Crippen molar-refractivity contribution in [3.05, 3.63) is 125 Å². The number of hydrogen-bond acceptors (Lipinski definition) is 5. The van der Waals surface area contributed by atoms with Gasteiger partial charge in [0.05, 0.1) is 28.8 Å². The molecule has 0 atom stereocenters. The second kappa shape index (κ2) is 9.07. The molecule has 1 amide bonds. The molecule has 7 nitrogen and oxygen atoms in total. The van der Waals surface area contributed by atoms with Gasteiger partial charge in [0.15, 0.2) is 0 Å². The normalized spacial score (nSPS) is 10.9. The third-order valence-electron chi connectivity index (χ3n) is 5.58. The SMILES string of the molecule is Cc1nc2ccccc2c(=O)n1-c1ccc(C(=O)N(Cc2ccccn2)c2ccncc2)cc1. The predicted octanol–water partition coefficient (Wildman–Crippen LogP) is 4.33.